The molecule has 4 nitrogen and oxygen atoms in total. The molecule has 1 fully saturated rings. The van der Waals surface area contributed by atoms with Crippen molar-refractivity contribution >= 4 is 12.1 Å². The quantitative estimate of drug-likeness (QED) is 0.762. The monoisotopic (exact) mass is 247 g/mol. The Hall–Kier alpha value is -1.42. The number of hydrogen-bond donors (Lipinski definition) is 0. The van der Waals surface area contributed by atoms with Crippen molar-refractivity contribution in [2.24, 2.45) is 0 Å². The van der Waals surface area contributed by atoms with Crippen molar-refractivity contribution in [1.29, 1.82) is 0 Å². The number of pyridine rings is 1. The Bertz CT molecular complexity index is 423. The molecule has 0 unspecified atom stereocenters. The van der Waals surface area contributed by atoms with E-state index < -0.39 is 0 Å². The minimum Gasteiger partial charge on any atom is -0.354 e. The van der Waals surface area contributed by atoms with Crippen LogP contribution in [-0.2, 0) is 0 Å². The van der Waals surface area contributed by atoms with E-state index in [1.165, 1.54) is 0 Å². The van der Waals surface area contributed by atoms with E-state index in [1.54, 1.807) is 6.20 Å². The molecule has 2 heterocycles. The molecule has 0 radical (unpaired) electrons. The SMILES string of the molecule is Cc1cc(N2CCN(C(C)C)CC2)ncc1C=O. The Morgan fingerprint density at radius 2 is 1.94 bits per heavy atom. The molecular formula is C14H21N3O. The molecule has 98 valence electrons. The van der Waals surface area contributed by atoms with Crippen molar-refractivity contribution in [2.75, 3.05) is 31.1 Å². The van der Waals surface area contributed by atoms with Crippen LogP contribution in [0.2, 0.25) is 0 Å². The Morgan fingerprint density at radius 3 is 2.44 bits per heavy atom. The van der Waals surface area contributed by atoms with Gasteiger partial charge in [-0.25, -0.2) is 4.98 Å². The third kappa shape index (κ3) is 2.70. The number of carbonyl (C=O) groups is 1. The van der Waals surface area contributed by atoms with E-state index in [4.69, 9.17) is 0 Å². The van der Waals surface area contributed by atoms with Crippen molar-refractivity contribution in [3.63, 3.8) is 0 Å². The summed E-state index contributed by atoms with van der Waals surface area (Å²) in [6, 6.07) is 2.62. The van der Waals surface area contributed by atoms with Crippen LogP contribution in [0, 0.1) is 6.92 Å². The van der Waals surface area contributed by atoms with Gasteiger partial charge in [-0.1, -0.05) is 0 Å². The summed E-state index contributed by atoms with van der Waals surface area (Å²) in [7, 11) is 0. The van der Waals surface area contributed by atoms with Crippen LogP contribution in [-0.4, -0.2) is 48.4 Å². The minimum absolute atomic E-state index is 0.610. The highest BCUT2D eigenvalue weighted by atomic mass is 16.1. The van der Waals surface area contributed by atoms with Gasteiger partial charge in [-0.3, -0.25) is 9.69 Å². The van der Waals surface area contributed by atoms with E-state index in [-0.39, 0.29) is 0 Å². The first-order valence-corrected chi connectivity index (χ1v) is 6.52. The minimum atomic E-state index is 0.610. The fourth-order valence-electron chi connectivity index (χ4n) is 2.32. The second-order valence-electron chi connectivity index (χ2n) is 5.13. The molecule has 2 rings (SSSR count). The topological polar surface area (TPSA) is 36.4 Å². The average molecular weight is 247 g/mol. The van der Waals surface area contributed by atoms with Gasteiger partial charge in [0.25, 0.3) is 0 Å². The van der Waals surface area contributed by atoms with Crippen LogP contribution in [0.4, 0.5) is 5.82 Å². The summed E-state index contributed by atoms with van der Waals surface area (Å²) in [5.41, 5.74) is 1.68. The van der Waals surface area contributed by atoms with Crippen molar-refractivity contribution in [1.82, 2.24) is 9.88 Å². The first-order chi connectivity index (χ1) is 8.61. The number of piperazine rings is 1. The molecule has 0 spiro atoms. The highest BCUT2D eigenvalue weighted by molar-refractivity contribution is 5.77. The molecule has 0 saturated carbocycles. The van der Waals surface area contributed by atoms with Gasteiger partial charge in [0.05, 0.1) is 0 Å². The molecule has 0 N–H and O–H groups in total. The summed E-state index contributed by atoms with van der Waals surface area (Å²) in [5, 5.41) is 0. The molecule has 0 bridgehead atoms. The Balaban J connectivity index is 2.05. The molecule has 0 aromatic carbocycles. The predicted molar refractivity (Wildman–Crippen MR) is 73.3 cm³/mol. The maximum absolute atomic E-state index is 10.8. The molecule has 4 heteroatoms. The fourth-order valence-corrected chi connectivity index (χ4v) is 2.32. The van der Waals surface area contributed by atoms with E-state index in [2.05, 4.69) is 28.6 Å². The largest absolute Gasteiger partial charge is 0.354 e. The lowest BCUT2D eigenvalue weighted by atomic mass is 10.1. The number of rotatable bonds is 3. The van der Waals surface area contributed by atoms with Crippen LogP contribution < -0.4 is 4.90 Å². The van der Waals surface area contributed by atoms with Gasteiger partial charge >= 0.3 is 0 Å². The molecule has 1 aromatic heterocycles. The highest BCUT2D eigenvalue weighted by Gasteiger charge is 2.19. The van der Waals surface area contributed by atoms with Crippen molar-refractivity contribution < 1.29 is 4.79 Å². The zero-order valence-corrected chi connectivity index (χ0v) is 11.4. The number of hydrogen-bond acceptors (Lipinski definition) is 4. The van der Waals surface area contributed by atoms with E-state index in [0.29, 0.717) is 11.6 Å². The summed E-state index contributed by atoms with van der Waals surface area (Å²) in [5.74, 6) is 0.988. The second kappa shape index (κ2) is 5.48. The Kier molecular flexibility index (Phi) is 3.97. The Morgan fingerprint density at radius 1 is 1.28 bits per heavy atom. The lowest BCUT2D eigenvalue weighted by Crippen LogP contribution is -2.49. The third-order valence-electron chi connectivity index (χ3n) is 3.63. The van der Waals surface area contributed by atoms with Crippen molar-refractivity contribution in [3.05, 3.63) is 23.4 Å². The van der Waals surface area contributed by atoms with Gasteiger partial charge in [0.1, 0.15) is 5.82 Å². The van der Waals surface area contributed by atoms with Crippen LogP contribution >= 0.6 is 0 Å². The third-order valence-corrected chi connectivity index (χ3v) is 3.63. The van der Waals surface area contributed by atoms with Gasteiger partial charge in [0, 0.05) is 44.0 Å². The first kappa shape index (κ1) is 13.0. The van der Waals surface area contributed by atoms with Crippen LogP contribution in [0.15, 0.2) is 12.3 Å². The van der Waals surface area contributed by atoms with Crippen LogP contribution in [0.1, 0.15) is 29.8 Å². The van der Waals surface area contributed by atoms with E-state index in [0.717, 1.165) is 43.8 Å². The van der Waals surface area contributed by atoms with Gasteiger partial charge in [0.15, 0.2) is 6.29 Å². The molecular weight excluding hydrogens is 226 g/mol. The van der Waals surface area contributed by atoms with Gasteiger partial charge in [-0.15, -0.1) is 0 Å². The molecule has 1 aliphatic rings. The van der Waals surface area contributed by atoms with Crippen LogP contribution in [0.25, 0.3) is 0 Å². The number of anilines is 1. The summed E-state index contributed by atoms with van der Waals surface area (Å²) in [6.07, 6.45) is 2.54. The molecule has 1 aliphatic heterocycles. The van der Waals surface area contributed by atoms with Gasteiger partial charge in [0.2, 0.25) is 0 Å². The lowest BCUT2D eigenvalue weighted by molar-refractivity contribution is 0.112. The molecule has 1 aromatic rings. The summed E-state index contributed by atoms with van der Waals surface area (Å²) in [6.45, 7) is 10.6. The first-order valence-electron chi connectivity index (χ1n) is 6.52. The predicted octanol–water partition coefficient (Wildman–Crippen LogP) is 1.73. The summed E-state index contributed by atoms with van der Waals surface area (Å²) in [4.78, 5) is 19.9. The number of carbonyl (C=O) groups excluding carboxylic acids is 1. The van der Waals surface area contributed by atoms with Gasteiger partial charge < -0.3 is 4.90 Å². The number of aryl methyl sites for hydroxylation is 1. The van der Waals surface area contributed by atoms with Crippen molar-refractivity contribution in [2.45, 2.75) is 26.8 Å². The summed E-state index contributed by atoms with van der Waals surface area (Å²) < 4.78 is 0. The number of aromatic nitrogens is 1. The molecule has 18 heavy (non-hydrogen) atoms. The van der Waals surface area contributed by atoms with E-state index >= 15 is 0 Å². The van der Waals surface area contributed by atoms with Gasteiger partial charge in [-0.2, -0.15) is 0 Å². The van der Waals surface area contributed by atoms with Crippen molar-refractivity contribution in [3.8, 4) is 0 Å². The highest BCUT2D eigenvalue weighted by Crippen LogP contribution is 2.17. The maximum Gasteiger partial charge on any atom is 0.151 e. The lowest BCUT2D eigenvalue weighted by Gasteiger charge is -2.37. The average Bonchev–Trinajstić information content (AvgIpc) is 2.38. The molecule has 1 saturated heterocycles. The van der Waals surface area contributed by atoms with Crippen LogP contribution in [0.5, 0.6) is 0 Å². The molecule has 0 aliphatic carbocycles. The summed E-state index contributed by atoms with van der Waals surface area (Å²) >= 11 is 0. The van der Waals surface area contributed by atoms with Gasteiger partial charge in [-0.05, 0) is 32.4 Å². The number of aldehydes is 1. The molecule has 0 amide bonds. The molecule has 0 atom stereocenters. The maximum atomic E-state index is 10.8. The smallest absolute Gasteiger partial charge is 0.151 e. The fraction of sp³-hybridized carbons (Fsp3) is 0.571. The number of nitrogens with zero attached hydrogens (tertiary/aromatic N) is 3. The second-order valence-corrected chi connectivity index (χ2v) is 5.13. The Labute approximate surface area is 109 Å². The zero-order chi connectivity index (χ0) is 13.1. The zero-order valence-electron chi connectivity index (χ0n) is 11.4. The van der Waals surface area contributed by atoms with E-state index in [1.807, 2.05) is 13.0 Å². The van der Waals surface area contributed by atoms with Crippen LogP contribution in [0.3, 0.4) is 0 Å². The standard InChI is InChI=1S/C14H21N3O/c1-11(2)16-4-6-17(7-5-16)14-8-12(3)13(10-18)9-15-14/h8-11H,4-7H2,1-3H3. The van der Waals surface area contributed by atoms with E-state index in [9.17, 15) is 4.79 Å². The normalized spacial score (nSPS) is 17.2.